The van der Waals surface area contributed by atoms with Gasteiger partial charge in [-0.15, -0.1) is 11.3 Å². The molecule has 104 valence electrons. The molecule has 1 aromatic carbocycles. The van der Waals surface area contributed by atoms with Gasteiger partial charge in [0.2, 0.25) is 0 Å². The van der Waals surface area contributed by atoms with Crippen molar-refractivity contribution in [3.8, 4) is 11.3 Å². The molecule has 0 atom stereocenters. The summed E-state index contributed by atoms with van der Waals surface area (Å²) >= 11 is 1.92. The van der Waals surface area contributed by atoms with Crippen molar-refractivity contribution in [3.05, 3.63) is 40.2 Å². The van der Waals surface area contributed by atoms with Gasteiger partial charge in [-0.3, -0.25) is 0 Å². The number of hydrogen-bond acceptors (Lipinski definition) is 3. The van der Waals surface area contributed by atoms with E-state index in [4.69, 9.17) is 4.98 Å². The molecule has 1 aromatic heterocycles. The van der Waals surface area contributed by atoms with E-state index in [0.717, 1.165) is 12.6 Å². The molecule has 2 fully saturated rings. The van der Waals surface area contributed by atoms with E-state index in [-0.39, 0.29) is 0 Å². The number of rotatable bonds is 5. The average Bonchev–Trinajstić information content (AvgIpc) is 3.39. The average molecular weight is 284 g/mol. The van der Waals surface area contributed by atoms with E-state index < -0.39 is 0 Å². The number of benzene rings is 1. The van der Waals surface area contributed by atoms with Crippen LogP contribution in [-0.2, 0) is 12.0 Å². The highest BCUT2D eigenvalue weighted by molar-refractivity contribution is 7.12. The summed E-state index contributed by atoms with van der Waals surface area (Å²) in [7, 11) is 0. The number of nitrogens with one attached hydrogen (secondary N) is 1. The molecule has 2 aromatic rings. The molecule has 0 aliphatic heterocycles. The molecule has 4 rings (SSSR count). The quantitative estimate of drug-likeness (QED) is 0.893. The molecular formula is C17H20N2S. The van der Waals surface area contributed by atoms with Crippen LogP contribution < -0.4 is 5.32 Å². The van der Waals surface area contributed by atoms with Gasteiger partial charge in [0.05, 0.1) is 10.7 Å². The zero-order valence-corrected chi connectivity index (χ0v) is 12.7. The predicted molar refractivity (Wildman–Crippen MR) is 84.0 cm³/mol. The van der Waals surface area contributed by atoms with E-state index in [2.05, 4.69) is 42.6 Å². The van der Waals surface area contributed by atoms with Crippen LogP contribution in [0.3, 0.4) is 0 Å². The lowest BCUT2D eigenvalue weighted by atomic mass is 10.1. The Morgan fingerprint density at radius 3 is 2.65 bits per heavy atom. The molecular weight excluding hydrogens is 264 g/mol. The van der Waals surface area contributed by atoms with Gasteiger partial charge in [-0.05, 0) is 25.7 Å². The minimum atomic E-state index is 0.367. The molecule has 0 bridgehead atoms. The van der Waals surface area contributed by atoms with E-state index in [1.54, 1.807) is 0 Å². The highest BCUT2D eigenvalue weighted by atomic mass is 32.1. The topological polar surface area (TPSA) is 24.9 Å². The van der Waals surface area contributed by atoms with Gasteiger partial charge in [-0.25, -0.2) is 4.98 Å². The molecule has 1 heterocycles. The van der Waals surface area contributed by atoms with Crippen LogP contribution in [0.5, 0.6) is 0 Å². The second-order valence-electron chi connectivity index (χ2n) is 6.37. The smallest absolute Gasteiger partial charge is 0.0994 e. The molecule has 2 aliphatic rings. The van der Waals surface area contributed by atoms with Crippen molar-refractivity contribution >= 4 is 11.3 Å². The third kappa shape index (κ3) is 2.40. The molecule has 2 saturated carbocycles. The summed E-state index contributed by atoms with van der Waals surface area (Å²) in [6.45, 7) is 3.32. The molecule has 0 saturated heterocycles. The third-order valence-electron chi connectivity index (χ3n) is 4.39. The Labute approximate surface area is 124 Å². The minimum absolute atomic E-state index is 0.367. The van der Waals surface area contributed by atoms with Gasteiger partial charge in [0.15, 0.2) is 0 Å². The maximum atomic E-state index is 4.99. The molecule has 3 heteroatoms. The fourth-order valence-electron chi connectivity index (χ4n) is 2.48. The van der Waals surface area contributed by atoms with Gasteiger partial charge in [0.1, 0.15) is 0 Å². The minimum Gasteiger partial charge on any atom is -0.309 e. The Bertz CT molecular complexity index is 609. The van der Waals surface area contributed by atoms with Crippen LogP contribution in [-0.4, -0.2) is 11.0 Å². The largest absolute Gasteiger partial charge is 0.309 e. The fraction of sp³-hybridized carbons (Fsp3) is 0.471. The summed E-state index contributed by atoms with van der Waals surface area (Å²) in [5.74, 6) is 0. The van der Waals surface area contributed by atoms with Crippen LogP contribution in [0.15, 0.2) is 30.3 Å². The van der Waals surface area contributed by atoms with Crippen molar-refractivity contribution < 1.29 is 0 Å². The summed E-state index contributed by atoms with van der Waals surface area (Å²) in [6.07, 6.45) is 5.27. The van der Waals surface area contributed by atoms with Crippen molar-refractivity contribution in [3.63, 3.8) is 0 Å². The lowest BCUT2D eigenvalue weighted by molar-refractivity contribution is 0.695. The molecule has 20 heavy (non-hydrogen) atoms. The van der Waals surface area contributed by atoms with Crippen molar-refractivity contribution in [2.45, 2.75) is 50.6 Å². The Hall–Kier alpha value is -1.19. The Kier molecular flexibility index (Phi) is 2.93. The molecule has 0 radical (unpaired) electrons. The summed E-state index contributed by atoms with van der Waals surface area (Å²) in [6, 6.07) is 11.4. The zero-order valence-electron chi connectivity index (χ0n) is 11.9. The molecule has 0 unspecified atom stereocenters. The third-order valence-corrected chi connectivity index (χ3v) is 5.75. The first-order valence-electron chi connectivity index (χ1n) is 7.54. The molecule has 2 aliphatic carbocycles. The summed E-state index contributed by atoms with van der Waals surface area (Å²) in [5, 5.41) is 4.98. The van der Waals surface area contributed by atoms with Gasteiger partial charge in [-0.2, -0.15) is 0 Å². The number of hydrogen-bond donors (Lipinski definition) is 1. The SMILES string of the molecule is CC1(c2nc(-c3ccccc3)c(CNC3CC3)s2)CC1. The van der Waals surface area contributed by atoms with Crippen LogP contribution in [0.4, 0.5) is 0 Å². The Morgan fingerprint density at radius 2 is 2.00 bits per heavy atom. The van der Waals surface area contributed by atoms with E-state index in [1.165, 1.54) is 46.8 Å². The highest BCUT2D eigenvalue weighted by Gasteiger charge is 2.42. The molecule has 0 amide bonds. The second-order valence-corrected chi connectivity index (χ2v) is 7.46. The molecule has 1 N–H and O–H groups in total. The normalized spacial score (nSPS) is 20.1. The predicted octanol–water partition coefficient (Wildman–Crippen LogP) is 4.11. The monoisotopic (exact) mass is 284 g/mol. The lowest BCUT2D eigenvalue weighted by Crippen LogP contribution is -2.14. The maximum absolute atomic E-state index is 4.99. The van der Waals surface area contributed by atoms with E-state index in [0.29, 0.717) is 5.41 Å². The van der Waals surface area contributed by atoms with Crippen LogP contribution in [0.25, 0.3) is 11.3 Å². The van der Waals surface area contributed by atoms with Crippen molar-refractivity contribution in [1.29, 1.82) is 0 Å². The Morgan fingerprint density at radius 1 is 1.25 bits per heavy atom. The van der Waals surface area contributed by atoms with Crippen molar-refractivity contribution in [1.82, 2.24) is 10.3 Å². The maximum Gasteiger partial charge on any atom is 0.0994 e. The first-order chi connectivity index (χ1) is 9.74. The van der Waals surface area contributed by atoms with Crippen LogP contribution in [0.1, 0.15) is 42.5 Å². The lowest BCUT2D eigenvalue weighted by Gasteiger charge is -2.03. The van der Waals surface area contributed by atoms with Crippen molar-refractivity contribution in [2.75, 3.05) is 0 Å². The van der Waals surface area contributed by atoms with E-state index in [1.807, 2.05) is 11.3 Å². The summed E-state index contributed by atoms with van der Waals surface area (Å²) in [5.41, 5.74) is 2.82. The van der Waals surface area contributed by atoms with Crippen LogP contribution in [0.2, 0.25) is 0 Å². The number of thiazole rings is 1. The van der Waals surface area contributed by atoms with Gasteiger partial charge < -0.3 is 5.32 Å². The molecule has 0 spiro atoms. The number of aromatic nitrogens is 1. The van der Waals surface area contributed by atoms with Crippen molar-refractivity contribution in [2.24, 2.45) is 0 Å². The highest BCUT2D eigenvalue weighted by Crippen LogP contribution is 2.50. The second kappa shape index (κ2) is 4.68. The van der Waals surface area contributed by atoms with E-state index >= 15 is 0 Å². The van der Waals surface area contributed by atoms with Gasteiger partial charge >= 0.3 is 0 Å². The first kappa shape index (κ1) is 12.5. The standard InChI is InChI=1S/C17H20N2S/c1-17(9-10-17)16-19-15(12-5-3-2-4-6-12)14(20-16)11-18-13-7-8-13/h2-6,13,18H,7-11H2,1H3. The van der Waals surface area contributed by atoms with E-state index in [9.17, 15) is 0 Å². The number of nitrogens with zero attached hydrogens (tertiary/aromatic N) is 1. The Balaban J connectivity index is 1.68. The summed E-state index contributed by atoms with van der Waals surface area (Å²) in [4.78, 5) is 6.40. The van der Waals surface area contributed by atoms with Gasteiger partial charge in [0.25, 0.3) is 0 Å². The summed E-state index contributed by atoms with van der Waals surface area (Å²) < 4.78 is 0. The van der Waals surface area contributed by atoms with Gasteiger partial charge in [-0.1, -0.05) is 37.3 Å². The van der Waals surface area contributed by atoms with Gasteiger partial charge in [0, 0.05) is 28.4 Å². The zero-order chi connectivity index (χ0) is 13.6. The first-order valence-corrected chi connectivity index (χ1v) is 8.35. The van der Waals surface area contributed by atoms with Crippen LogP contribution in [0, 0.1) is 0 Å². The van der Waals surface area contributed by atoms with Crippen LogP contribution >= 0.6 is 11.3 Å². The fourth-order valence-corrected chi connectivity index (χ4v) is 3.71. The molecule has 2 nitrogen and oxygen atoms in total.